The highest BCUT2D eigenvalue weighted by molar-refractivity contribution is 5.79. The van der Waals surface area contributed by atoms with Crippen LogP contribution in [0.3, 0.4) is 0 Å². The Morgan fingerprint density at radius 3 is 2.96 bits per heavy atom. The summed E-state index contributed by atoms with van der Waals surface area (Å²) in [6.45, 7) is 7.66. The number of hydrogen-bond acceptors (Lipinski definition) is 3. The Kier molecular flexibility index (Phi) is 5.41. The van der Waals surface area contributed by atoms with Gasteiger partial charge in [-0.25, -0.2) is 0 Å². The number of hydrogen-bond donors (Lipinski definition) is 0. The molecule has 1 aromatic heterocycles. The molecule has 0 radical (unpaired) electrons. The molecular weight excluding hydrogens is 314 g/mol. The van der Waals surface area contributed by atoms with E-state index in [2.05, 4.69) is 5.10 Å². The first-order valence-electron chi connectivity index (χ1n) is 9.05. The van der Waals surface area contributed by atoms with Crippen LogP contribution in [0.2, 0.25) is 0 Å². The van der Waals surface area contributed by atoms with Crippen molar-refractivity contribution in [2.45, 2.75) is 58.7 Å². The lowest BCUT2D eigenvalue weighted by Gasteiger charge is -2.25. The molecule has 0 N–H and O–H groups in total. The summed E-state index contributed by atoms with van der Waals surface area (Å²) < 4.78 is 7.67. The summed E-state index contributed by atoms with van der Waals surface area (Å²) in [4.78, 5) is 14.8. The summed E-state index contributed by atoms with van der Waals surface area (Å²) in [5, 5.41) is 4.36. The van der Waals surface area contributed by atoms with Gasteiger partial charge in [0, 0.05) is 12.7 Å². The summed E-state index contributed by atoms with van der Waals surface area (Å²) in [5.74, 6) is 1.01. The minimum absolute atomic E-state index is 0.131. The van der Waals surface area contributed by atoms with Gasteiger partial charge in [0.25, 0.3) is 0 Å². The van der Waals surface area contributed by atoms with Gasteiger partial charge in [0.1, 0.15) is 5.75 Å². The Bertz CT molecular complexity index is 723. The zero-order valence-corrected chi connectivity index (χ0v) is 15.3. The third kappa shape index (κ3) is 4.62. The Hall–Kier alpha value is -2.30. The molecule has 25 heavy (non-hydrogen) atoms. The largest absolute Gasteiger partial charge is 0.491 e. The molecule has 1 aromatic carbocycles. The normalized spacial score (nSPS) is 17.3. The van der Waals surface area contributed by atoms with Gasteiger partial charge in [0.15, 0.2) is 0 Å². The molecule has 0 unspecified atom stereocenters. The van der Waals surface area contributed by atoms with Crippen LogP contribution < -0.4 is 4.74 Å². The molecule has 1 amide bonds. The molecule has 2 heterocycles. The number of aromatic nitrogens is 2. The lowest BCUT2D eigenvalue weighted by Crippen LogP contribution is -2.39. The average Bonchev–Trinajstić information content (AvgIpc) is 3.16. The van der Waals surface area contributed by atoms with Crippen LogP contribution >= 0.6 is 0 Å². The molecule has 1 aliphatic rings. The molecule has 1 fully saturated rings. The van der Waals surface area contributed by atoms with Gasteiger partial charge < -0.3 is 9.64 Å². The highest BCUT2D eigenvalue weighted by atomic mass is 16.5. The molecule has 1 atom stereocenters. The van der Waals surface area contributed by atoms with Crippen LogP contribution in [0.1, 0.15) is 37.8 Å². The Labute approximate surface area is 149 Å². The van der Waals surface area contributed by atoms with Gasteiger partial charge in [-0.2, -0.15) is 5.10 Å². The first-order chi connectivity index (χ1) is 12.0. The first kappa shape index (κ1) is 17.5. The fourth-order valence-corrected chi connectivity index (χ4v) is 3.41. The molecule has 5 heteroatoms. The van der Waals surface area contributed by atoms with Crippen LogP contribution in [0, 0.1) is 6.92 Å². The lowest BCUT2D eigenvalue weighted by atomic mass is 10.1. The summed E-state index contributed by atoms with van der Waals surface area (Å²) in [5.41, 5.74) is 2.15. The fraction of sp³-hybridized carbons (Fsp3) is 0.500. The molecule has 1 aliphatic heterocycles. The van der Waals surface area contributed by atoms with E-state index in [1.165, 1.54) is 0 Å². The van der Waals surface area contributed by atoms with Gasteiger partial charge in [-0.3, -0.25) is 9.48 Å². The molecule has 0 bridgehead atoms. The highest BCUT2D eigenvalue weighted by Crippen LogP contribution is 2.21. The predicted molar refractivity (Wildman–Crippen MR) is 97.6 cm³/mol. The molecular formula is C20H27N3O2. The van der Waals surface area contributed by atoms with Crippen LogP contribution in [0.5, 0.6) is 5.75 Å². The van der Waals surface area contributed by atoms with E-state index in [1.807, 2.05) is 67.0 Å². The number of benzene rings is 1. The maximum Gasteiger partial charge on any atom is 0.227 e. The maximum absolute atomic E-state index is 12.8. The number of likely N-dealkylation sites (tertiary alicyclic amines) is 1. The number of nitrogens with zero attached hydrogens (tertiary/aromatic N) is 3. The number of carbonyl (C=O) groups is 1. The third-order valence-corrected chi connectivity index (χ3v) is 4.48. The van der Waals surface area contributed by atoms with E-state index in [0.29, 0.717) is 6.42 Å². The van der Waals surface area contributed by atoms with E-state index in [1.54, 1.807) is 0 Å². The molecule has 0 saturated carbocycles. The summed E-state index contributed by atoms with van der Waals surface area (Å²) in [6.07, 6.45) is 6.55. The second-order valence-corrected chi connectivity index (χ2v) is 7.11. The van der Waals surface area contributed by atoms with E-state index in [4.69, 9.17) is 4.74 Å². The fourth-order valence-electron chi connectivity index (χ4n) is 3.41. The van der Waals surface area contributed by atoms with Crippen molar-refractivity contribution in [3.05, 3.63) is 47.8 Å². The molecule has 0 spiro atoms. The van der Waals surface area contributed by atoms with Gasteiger partial charge in [-0.05, 0) is 56.9 Å². The lowest BCUT2D eigenvalue weighted by molar-refractivity contribution is -0.131. The van der Waals surface area contributed by atoms with Crippen LogP contribution in [0.4, 0.5) is 0 Å². The van der Waals surface area contributed by atoms with Crippen LogP contribution in [0.15, 0.2) is 36.7 Å². The Balaban J connectivity index is 1.63. The summed E-state index contributed by atoms with van der Waals surface area (Å²) in [7, 11) is 0. The molecule has 3 rings (SSSR count). The molecule has 2 aromatic rings. The van der Waals surface area contributed by atoms with Crippen LogP contribution in [-0.4, -0.2) is 39.3 Å². The van der Waals surface area contributed by atoms with Crippen molar-refractivity contribution in [3.8, 4) is 5.75 Å². The number of ether oxygens (including phenoxy) is 1. The third-order valence-electron chi connectivity index (χ3n) is 4.48. The second-order valence-electron chi connectivity index (χ2n) is 7.11. The summed E-state index contributed by atoms with van der Waals surface area (Å²) in [6, 6.07) is 8.09. The SMILES string of the molecule is Cc1cnn(C[C@@H]2CCCN2C(=O)Cc2cccc(OC(C)C)c2)c1. The van der Waals surface area contributed by atoms with Crippen molar-refractivity contribution in [2.75, 3.05) is 6.54 Å². The standard InChI is InChI=1S/C20H27N3O2/c1-15(2)25-19-8-4-6-17(10-19)11-20(24)23-9-5-7-18(23)14-22-13-16(3)12-21-22/h4,6,8,10,12-13,15,18H,5,7,9,11,14H2,1-3H3/t18-/m0/s1. The van der Waals surface area contributed by atoms with Crippen molar-refractivity contribution in [1.82, 2.24) is 14.7 Å². The minimum atomic E-state index is 0.131. The first-order valence-corrected chi connectivity index (χ1v) is 9.05. The molecule has 5 nitrogen and oxygen atoms in total. The van der Waals surface area contributed by atoms with Crippen molar-refractivity contribution >= 4 is 5.91 Å². The van der Waals surface area contributed by atoms with Crippen molar-refractivity contribution in [3.63, 3.8) is 0 Å². The predicted octanol–water partition coefficient (Wildman–Crippen LogP) is 3.21. The smallest absolute Gasteiger partial charge is 0.227 e. The van der Waals surface area contributed by atoms with E-state index < -0.39 is 0 Å². The molecule has 1 saturated heterocycles. The van der Waals surface area contributed by atoms with Gasteiger partial charge in [0.05, 0.1) is 31.3 Å². The van der Waals surface area contributed by atoms with Gasteiger partial charge in [-0.15, -0.1) is 0 Å². The zero-order valence-electron chi connectivity index (χ0n) is 15.3. The monoisotopic (exact) mass is 341 g/mol. The van der Waals surface area contributed by atoms with Crippen LogP contribution in [0.25, 0.3) is 0 Å². The van der Waals surface area contributed by atoms with E-state index in [9.17, 15) is 4.79 Å². The van der Waals surface area contributed by atoms with Crippen LogP contribution in [-0.2, 0) is 17.8 Å². The quantitative estimate of drug-likeness (QED) is 0.810. The molecule has 0 aliphatic carbocycles. The topological polar surface area (TPSA) is 47.4 Å². The van der Waals surface area contributed by atoms with E-state index in [-0.39, 0.29) is 18.1 Å². The van der Waals surface area contributed by atoms with Gasteiger partial charge in [-0.1, -0.05) is 12.1 Å². The number of carbonyl (C=O) groups excluding carboxylic acids is 1. The van der Waals surface area contributed by atoms with Crippen molar-refractivity contribution in [1.29, 1.82) is 0 Å². The minimum Gasteiger partial charge on any atom is -0.491 e. The zero-order chi connectivity index (χ0) is 17.8. The van der Waals surface area contributed by atoms with Gasteiger partial charge >= 0.3 is 0 Å². The summed E-state index contributed by atoms with van der Waals surface area (Å²) >= 11 is 0. The Morgan fingerprint density at radius 2 is 2.24 bits per heavy atom. The number of aryl methyl sites for hydroxylation is 1. The average molecular weight is 341 g/mol. The number of rotatable bonds is 6. The van der Waals surface area contributed by atoms with E-state index in [0.717, 1.165) is 42.8 Å². The van der Waals surface area contributed by atoms with Gasteiger partial charge in [0.2, 0.25) is 5.91 Å². The van der Waals surface area contributed by atoms with Crippen molar-refractivity contribution in [2.24, 2.45) is 0 Å². The second kappa shape index (κ2) is 7.72. The maximum atomic E-state index is 12.8. The highest BCUT2D eigenvalue weighted by Gasteiger charge is 2.29. The Morgan fingerprint density at radius 1 is 1.40 bits per heavy atom. The van der Waals surface area contributed by atoms with Crippen molar-refractivity contribution < 1.29 is 9.53 Å². The van der Waals surface area contributed by atoms with E-state index >= 15 is 0 Å². The molecule has 134 valence electrons. The number of amides is 1.